The van der Waals surface area contributed by atoms with E-state index in [1.165, 1.54) is 30.5 Å². The highest BCUT2D eigenvalue weighted by Crippen LogP contribution is 2.19. The average Bonchev–Trinajstić information content (AvgIpc) is 2.42. The number of rotatable bonds is 3. The van der Waals surface area contributed by atoms with Gasteiger partial charge in [-0.25, -0.2) is 9.82 Å². The van der Waals surface area contributed by atoms with E-state index in [2.05, 4.69) is 10.5 Å². The fraction of sp³-hybridized carbons (Fsp3) is 0. The van der Waals surface area contributed by atoms with Crippen molar-refractivity contribution in [1.29, 1.82) is 0 Å². The maximum absolute atomic E-state index is 13.0. The Morgan fingerprint density at radius 2 is 2.10 bits per heavy atom. The number of hydrogen-bond donors (Lipinski definition) is 2. The molecule has 0 aliphatic rings. The highest BCUT2D eigenvalue weighted by atomic mass is 127. The van der Waals surface area contributed by atoms with Crippen LogP contribution in [0.5, 0.6) is 5.75 Å². The number of amides is 1. The number of carbonyl (C=O) groups is 1. The van der Waals surface area contributed by atoms with Crippen LogP contribution in [0.3, 0.4) is 0 Å². The van der Waals surface area contributed by atoms with Gasteiger partial charge in [0.15, 0.2) is 0 Å². The van der Waals surface area contributed by atoms with Gasteiger partial charge in [0.25, 0.3) is 5.91 Å². The van der Waals surface area contributed by atoms with E-state index in [1.54, 1.807) is 12.1 Å². The third kappa shape index (κ3) is 3.77. The third-order valence-corrected chi connectivity index (χ3v) is 3.30. The molecule has 20 heavy (non-hydrogen) atoms. The van der Waals surface area contributed by atoms with Crippen LogP contribution < -0.4 is 5.43 Å². The van der Waals surface area contributed by atoms with E-state index in [4.69, 9.17) is 0 Å². The Kier molecular flexibility index (Phi) is 4.67. The average molecular weight is 384 g/mol. The van der Waals surface area contributed by atoms with E-state index >= 15 is 0 Å². The highest BCUT2D eigenvalue weighted by molar-refractivity contribution is 14.1. The molecule has 0 spiro atoms. The molecule has 4 nitrogen and oxygen atoms in total. The summed E-state index contributed by atoms with van der Waals surface area (Å²) in [6.07, 6.45) is 1.44. The Balaban J connectivity index is 2.02. The van der Waals surface area contributed by atoms with Crippen LogP contribution in [0.25, 0.3) is 0 Å². The van der Waals surface area contributed by atoms with Crippen LogP contribution in [0.2, 0.25) is 0 Å². The summed E-state index contributed by atoms with van der Waals surface area (Å²) in [6, 6.07) is 10.3. The van der Waals surface area contributed by atoms with Gasteiger partial charge in [0, 0.05) is 5.56 Å². The zero-order chi connectivity index (χ0) is 14.5. The van der Waals surface area contributed by atoms with Crippen LogP contribution in [0.1, 0.15) is 15.9 Å². The molecule has 6 heteroatoms. The zero-order valence-corrected chi connectivity index (χ0v) is 12.3. The Labute approximate surface area is 128 Å². The molecule has 0 heterocycles. The van der Waals surface area contributed by atoms with Crippen molar-refractivity contribution in [1.82, 2.24) is 5.43 Å². The maximum atomic E-state index is 13.0. The number of aromatic hydroxyl groups is 1. The minimum Gasteiger partial charge on any atom is -0.507 e. The first kappa shape index (κ1) is 14.4. The Morgan fingerprint density at radius 1 is 1.30 bits per heavy atom. The van der Waals surface area contributed by atoms with Gasteiger partial charge in [-0.1, -0.05) is 6.07 Å². The summed E-state index contributed by atoms with van der Waals surface area (Å²) in [6.45, 7) is 0. The molecule has 2 aromatic rings. The molecule has 0 aliphatic carbocycles. The van der Waals surface area contributed by atoms with E-state index in [-0.39, 0.29) is 11.3 Å². The number of phenols is 1. The molecule has 0 aromatic heterocycles. The first-order chi connectivity index (χ1) is 9.56. The number of hydrogen-bond acceptors (Lipinski definition) is 3. The van der Waals surface area contributed by atoms with E-state index in [9.17, 15) is 14.3 Å². The SMILES string of the molecule is O=C(NN=Cc1ccc(O)c(I)c1)c1cccc(F)c1. The minimum absolute atomic E-state index is 0.187. The monoisotopic (exact) mass is 384 g/mol. The van der Waals surface area contributed by atoms with E-state index < -0.39 is 11.7 Å². The Hall–Kier alpha value is -1.96. The standard InChI is InChI=1S/C14H10FIN2O2/c15-11-3-1-2-10(7-11)14(20)18-17-8-9-4-5-13(19)12(16)6-9/h1-8,19H,(H,18,20). The normalized spacial score (nSPS) is 10.7. The first-order valence-corrected chi connectivity index (χ1v) is 6.71. The molecule has 0 saturated heterocycles. The number of carbonyl (C=O) groups excluding carboxylic acids is 1. The van der Waals surface area contributed by atoms with E-state index in [0.29, 0.717) is 3.57 Å². The van der Waals surface area contributed by atoms with Crippen molar-refractivity contribution in [3.05, 3.63) is 63.0 Å². The zero-order valence-electron chi connectivity index (χ0n) is 10.2. The molecular formula is C14H10FIN2O2. The maximum Gasteiger partial charge on any atom is 0.271 e. The predicted molar refractivity (Wildman–Crippen MR) is 82.3 cm³/mol. The smallest absolute Gasteiger partial charge is 0.271 e. The summed E-state index contributed by atoms with van der Waals surface area (Å²) >= 11 is 1.99. The van der Waals surface area contributed by atoms with Gasteiger partial charge >= 0.3 is 0 Å². The second-order valence-electron chi connectivity index (χ2n) is 3.92. The largest absolute Gasteiger partial charge is 0.507 e. The Morgan fingerprint density at radius 3 is 2.80 bits per heavy atom. The third-order valence-electron chi connectivity index (χ3n) is 2.44. The lowest BCUT2D eigenvalue weighted by atomic mass is 10.2. The second-order valence-corrected chi connectivity index (χ2v) is 5.08. The number of halogens is 2. The number of phenolic OH excluding ortho intramolecular Hbond substituents is 1. The van der Waals surface area contributed by atoms with Crippen molar-refractivity contribution in [2.75, 3.05) is 0 Å². The van der Waals surface area contributed by atoms with Crippen molar-refractivity contribution < 1.29 is 14.3 Å². The number of hydrazone groups is 1. The van der Waals surface area contributed by atoms with Crippen molar-refractivity contribution in [2.45, 2.75) is 0 Å². The number of nitrogens with one attached hydrogen (secondary N) is 1. The minimum atomic E-state index is -0.491. The summed E-state index contributed by atoms with van der Waals surface area (Å²) < 4.78 is 13.6. The fourth-order valence-corrected chi connectivity index (χ4v) is 2.00. The molecule has 1 amide bonds. The lowest BCUT2D eigenvalue weighted by Crippen LogP contribution is -2.17. The van der Waals surface area contributed by atoms with Crippen LogP contribution in [0.15, 0.2) is 47.6 Å². The van der Waals surface area contributed by atoms with Crippen molar-refractivity contribution in [3.63, 3.8) is 0 Å². The summed E-state index contributed by atoms with van der Waals surface area (Å²) in [4.78, 5) is 11.7. The summed E-state index contributed by atoms with van der Waals surface area (Å²) in [5.41, 5.74) is 3.23. The molecule has 0 radical (unpaired) electrons. The lowest BCUT2D eigenvalue weighted by molar-refractivity contribution is 0.0954. The molecule has 0 bridgehead atoms. The lowest BCUT2D eigenvalue weighted by Gasteiger charge is -2.00. The van der Waals surface area contributed by atoms with Gasteiger partial charge in [0.2, 0.25) is 0 Å². The molecule has 0 aliphatic heterocycles. The Bertz CT molecular complexity index is 674. The molecule has 0 unspecified atom stereocenters. The first-order valence-electron chi connectivity index (χ1n) is 5.64. The van der Waals surface area contributed by atoms with Gasteiger partial charge in [-0.15, -0.1) is 0 Å². The highest BCUT2D eigenvalue weighted by Gasteiger charge is 2.04. The molecule has 2 N–H and O–H groups in total. The van der Waals surface area contributed by atoms with Gasteiger partial charge < -0.3 is 5.11 Å². The molecule has 0 fully saturated rings. The van der Waals surface area contributed by atoms with Crippen LogP contribution in [0, 0.1) is 9.39 Å². The molecule has 2 aromatic carbocycles. The van der Waals surface area contributed by atoms with Crippen molar-refractivity contribution >= 4 is 34.7 Å². The summed E-state index contributed by atoms with van der Waals surface area (Å²) in [5, 5.41) is 13.2. The molecular weight excluding hydrogens is 374 g/mol. The van der Waals surface area contributed by atoms with Gasteiger partial charge in [0.05, 0.1) is 9.78 Å². The number of nitrogens with zero attached hydrogens (tertiary/aromatic N) is 1. The predicted octanol–water partition coefficient (Wildman–Crippen LogP) is 2.90. The van der Waals surface area contributed by atoms with Gasteiger partial charge in [-0.2, -0.15) is 5.10 Å². The van der Waals surface area contributed by atoms with Crippen LogP contribution in [-0.4, -0.2) is 17.2 Å². The molecule has 102 valence electrons. The van der Waals surface area contributed by atoms with E-state index in [0.717, 1.165) is 11.6 Å². The number of benzene rings is 2. The van der Waals surface area contributed by atoms with Crippen molar-refractivity contribution in [2.24, 2.45) is 5.10 Å². The van der Waals surface area contributed by atoms with Gasteiger partial charge in [-0.3, -0.25) is 4.79 Å². The van der Waals surface area contributed by atoms with Gasteiger partial charge in [-0.05, 0) is 64.6 Å². The quantitative estimate of drug-likeness (QED) is 0.486. The molecule has 0 atom stereocenters. The molecule has 2 rings (SSSR count). The van der Waals surface area contributed by atoms with Crippen LogP contribution >= 0.6 is 22.6 Å². The fourth-order valence-electron chi connectivity index (χ4n) is 1.46. The van der Waals surface area contributed by atoms with Crippen LogP contribution in [0.4, 0.5) is 4.39 Å². The second kappa shape index (κ2) is 6.47. The van der Waals surface area contributed by atoms with E-state index in [1.807, 2.05) is 22.6 Å². The van der Waals surface area contributed by atoms with Crippen molar-refractivity contribution in [3.8, 4) is 5.75 Å². The summed E-state index contributed by atoms with van der Waals surface area (Å²) in [7, 11) is 0. The van der Waals surface area contributed by atoms with Crippen LogP contribution in [-0.2, 0) is 0 Å². The molecule has 0 saturated carbocycles. The topological polar surface area (TPSA) is 61.7 Å². The summed E-state index contributed by atoms with van der Waals surface area (Å²) in [5.74, 6) is -0.782. The van der Waals surface area contributed by atoms with Gasteiger partial charge in [0.1, 0.15) is 11.6 Å².